The Morgan fingerprint density at radius 3 is 1.52 bits per heavy atom. The number of aromatic nitrogens is 4. The topological polar surface area (TPSA) is 172 Å². The zero-order chi connectivity index (χ0) is 21.2. The Kier molecular flexibility index (Phi) is 7.85. The minimum absolute atomic E-state index is 0.0309. The lowest BCUT2D eigenvalue weighted by molar-refractivity contribution is -0.147. The van der Waals surface area contributed by atoms with Gasteiger partial charge in [-0.2, -0.15) is 0 Å². The minimum atomic E-state index is -0.725. The predicted octanol–water partition coefficient (Wildman–Crippen LogP) is -2.81. The SMILES string of the molecule is O=C(Cn1ccc(=O)[nH]c1=O)OCCOCCOC(=O)Cn1ccc(=O)[nH]c1=O. The standard InChI is InChI=1S/C16H18N4O9/c21-11-1-3-19(15(25)17-11)9-13(23)28-7-5-27-6-8-29-14(24)10-20-4-2-12(22)18-16(20)26/h1-4H,5-10H2,(H,17,21,25)(H,18,22,26). The Morgan fingerprint density at radius 2 is 1.14 bits per heavy atom. The molecule has 0 aliphatic heterocycles. The first-order valence-electron chi connectivity index (χ1n) is 8.33. The summed E-state index contributed by atoms with van der Waals surface area (Å²) in [5.41, 5.74) is -2.59. The molecule has 0 bridgehead atoms. The second-order valence-corrected chi connectivity index (χ2v) is 5.53. The van der Waals surface area contributed by atoms with Crippen LogP contribution in [0, 0.1) is 0 Å². The van der Waals surface area contributed by atoms with Crippen LogP contribution in [0.1, 0.15) is 0 Å². The molecule has 2 heterocycles. The molecule has 2 rings (SSSR count). The average molecular weight is 410 g/mol. The van der Waals surface area contributed by atoms with E-state index in [-0.39, 0.29) is 39.5 Å². The Bertz CT molecular complexity index is 993. The fourth-order valence-electron chi connectivity index (χ4n) is 2.04. The maximum Gasteiger partial charge on any atom is 0.328 e. The van der Waals surface area contributed by atoms with Crippen molar-refractivity contribution in [3.05, 3.63) is 66.2 Å². The van der Waals surface area contributed by atoms with Gasteiger partial charge in [0.1, 0.15) is 26.3 Å². The summed E-state index contributed by atoms with van der Waals surface area (Å²) < 4.78 is 16.8. The van der Waals surface area contributed by atoms with Crippen LogP contribution < -0.4 is 22.5 Å². The van der Waals surface area contributed by atoms with Gasteiger partial charge >= 0.3 is 23.3 Å². The van der Waals surface area contributed by atoms with Crippen LogP contribution in [0.25, 0.3) is 0 Å². The number of carbonyl (C=O) groups is 2. The zero-order valence-electron chi connectivity index (χ0n) is 15.1. The van der Waals surface area contributed by atoms with Crippen LogP contribution in [-0.4, -0.2) is 57.5 Å². The van der Waals surface area contributed by atoms with Crippen LogP contribution in [0.3, 0.4) is 0 Å². The van der Waals surface area contributed by atoms with E-state index in [9.17, 15) is 28.8 Å². The van der Waals surface area contributed by atoms with Gasteiger partial charge in [-0.1, -0.05) is 0 Å². The van der Waals surface area contributed by atoms with Crippen molar-refractivity contribution in [1.82, 2.24) is 19.1 Å². The van der Waals surface area contributed by atoms with Crippen LogP contribution in [0.15, 0.2) is 43.7 Å². The van der Waals surface area contributed by atoms with Gasteiger partial charge in [0, 0.05) is 24.5 Å². The minimum Gasteiger partial charge on any atom is -0.462 e. The van der Waals surface area contributed by atoms with Crippen LogP contribution in [0.2, 0.25) is 0 Å². The van der Waals surface area contributed by atoms with Crippen molar-refractivity contribution in [2.45, 2.75) is 13.1 Å². The molecule has 0 saturated heterocycles. The molecule has 0 amide bonds. The summed E-state index contributed by atoms with van der Waals surface area (Å²) in [6.07, 6.45) is 2.35. The second-order valence-electron chi connectivity index (χ2n) is 5.53. The summed E-state index contributed by atoms with van der Waals surface area (Å²) in [7, 11) is 0. The van der Waals surface area contributed by atoms with E-state index in [0.29, 0.717) is 0 Å². The summed E-state index contributed by atoms with van der Waals surface area (Å²) in [5.74, 6) is -1.39. The summed E-state index contributed by atoms with van der Waals surface area (Å²) in [4.78, 5) is 71.9. The van der Waals surface area contributed by atoms with Crippen LogP contribution in [0.5, 0.6) is 0 Å². The Labute approximate surface area is 161 Å². The number of nitrogens with one attached hydrogen (secondary N) is 2. The summed E-state index contributed by atoms with van der Waals surface area (Å²) >= 11 is 0. The lowest BCUT2D eigenvalue weighted by atomic mass is 10.5. The lowest BCUT2D eigenvalue weighted by Gasteiger charge is -2.08. The molecule has 0 atom stereocenters. The van der Waals surface area contributed by atoms with Gasteiger partial charge in [0.25, 0.3) is 11.1 Å². The van der Waals surface area contributed by atoms with Gasteiger partial charge in [-0.05, 0) is 0 Å². The fraction of sp³-hybridized carbons (Fsp3) is 0.375. The fourth-order valence-corrected chi connectivity index (χ4v) is 2.04. The highest BCUT2D eigenvalue weighted by atomic mass is 16.6. The molecule has 13 nitrogen and oxygen atoms in total. The van der Waals surface area contributed by atoms with Crippen LogP contribution in [0.4, 0.5) is 0 Å². The molecule has 156 valence electrons. The van der Waals surface area contributed by atoms with E-state index in [4.69, 9.17) is 14.2 Å². The molecule has 29 heavy (non-hydrogen) atoms. The summed E-state index contributed by atoms with van der Waals surface area (Å²) in [6.45, 7) is -0.837. The lowest BCUT2D eigenvalue weighted by Crippen LogP contribution is -2.31. The van der Waals surface area contributed by atoms with Gasteiger partial charge in [0.2, 0.25) is 0 Å². The number of hydrogen-bond acceptors (Lipinski definition) is 9. The first-order chi connectivity index (χ1) is 13.8. The molecule has 0 aliphatic rings. The maximum absolute atomic E-state index is 11.6. The molecule has 0 fully saturated rings. The molecule has 13 heteroatoms. The molecule has 0 unspecified atom stereocenters. The highest BCUT2D eigenvalue weighted by molar-refractivity contribution is 5.69. The molecule has 0 spiro atoms. The van der Waals surface area contributed by atoms with Gasteiger partial charge in [-0.25, -0.2) is 9.59 Å². The summed E-state index contributed by atoms with van der Waals surface area (Å²) in [5, 5.41) is 0. The van der Waals surface area contributed by atoms with E-state index in [2.05, 4.69) is 0 Å². The molecule has 2 N–H and O–H groups in total. The highest BCUT2D eigenvalue weighted by Gasteiger charge is 2.07. The van der Waals surface area contributed by atoms with E-state index >= 15 is 0 Å². The van der Waals surface area contributed by atoms with E-state index in [0.717, 1.165) is 21.3 Å². The van der Waals surface area contributed by atoms with Crippen molar-refractivity contribution in [2.75, 3.05) is 26.4 Å². The van der Waals surface area contributed by atoms with Crippen molar-refractivity contribution in [3.63, 3.8) is 0 Å². The average Bonchev–Trinajstić information content (AvgIpc) is 2.65. The number of carbonyl (C=O) groups excluding carboxylic acids is 2. The summed E-state index contributed by atoms with van der Waals surface area (Å²) in [6, 6.07) is 2.21. The first kappa shape index (κ1) is 21.6. The number of aromatic amines is 2. The quantitative estimate of drug-likeness (QED) is 0.310. The molecule has 0 radical (unpaired) electrons. The third-order valence-electron chi connectivity index (χ3n) is 3.37. The second kappa shape index (κ2) is 10.6. The van der Waals surface area contributed by atoms with Crippen LogP contribution >= 0.6 is 0 Å². The molecule has 2 aromatic heterocycles. The number of hydrogen-bond donors (Lipinski definition) is 2. The van der Waals surface area contributed by atoms with Gasteiger partial charge in [0.05, 0.1) is 13.2 Å². The smallest absolute Gasteiger partial charge is 0.328 e. The van der Waals surface area contributed by atoms with Gasteiger partial charge in [-0.3, -0.25) is 38.3 Å². The number of esters is 2. The van der Waals surface area contributed by atoms with Gasteiger partial charge in [0.15, 0.2) is 0 Å². The molecule has 0 aromatic carbocycles. The van der Waals surface area contributed by atoms with E-state index < -0.39 is 34.4 Å². The highest BCUT2D eigenvalue weighted by Crippen LogP contribution is 1.88. The zero-order valence-corrected chi connectivity index (χ0v) is 15.1. The normalized spacial score (nSPS) is 10.5. The van der Waals surface area contributed by atoms with Crippen molar-refractivity contribution in [2.24, 2.45) is 0 Å². The van der Waals surface area contributed by atoms with Crippen LogP contribution in [-0.2, 0) is 36.9 Å². The van der Waals surface area contributed by atoms with Gasteiger partial charge < -0.3 is 14.2 Å². The molecule has 0 aliphatic carbocycles. The monoisotopic (exact) mass is 410 g/mol. The van der Waals surface area contributed by atoms with Crippen molar-refractivity contribution >= 4 is 11.9 Å². The van der Waals surface area contributed by atoms with Gasteiger partial charge in [-0.15, -0.1) is 0 Å². The number of ether oxygens (including phenoxy) is 3. The Morgan fingerprint density at radius 1 is 0.724 bits per heavy atom. The van der Waals surface area contributed by atoms with Crippen molar-refractivity contribution in [3.8, 4) is 0 Å². The number of nitrogens with zero attached hydrogens (tertiary/aromatic N) is 2. The maximum atomic E-state index is 11.6. The molecule has 0 saturated carbocycles. The predicted molar refractivity (Wildman–Crippen MR) is 95.4 cm³/mol. The van der Waals surface area contributed by atoms with Crippen molar-refractivity contribution in [1.29, 1.82) is 0 Å². The molecular weight excluding hydrogens is 392 g/mol. The number of rotatable bonds is 10. The van der Waals surface area contributed by atoms with E-state index in [1.807, 2.05) is 9.97 Å². The number of H-pyrrole nitrogens is 2. The Hall–Kier alpha value is -3.74. The molecule has 2 aromatic rings. The Balaban J connectivity index is 1.57. The molecular formula is C16H18N4O9. The first-order valence-corrected chi connectivity index (χ1v) is 8.33. The third-order valence-corrected chi connectivity index (χ3v) is 3.37. The largest absolute Gasteiger partial charge is 0.462 e. The third kappa shape index (κ3) is 7.42. The van der Waals surface area contributed by atoms with E-state index in [1.54, 1.807) is 0 Å². The van der Waals surface area contributed by atoms with Crippen molar-refractivity contribution < 1.29 is 23.8 Å². The van der Waals surface area contributed by atoms with E-state index in [1.165, 1.54) is 12.4 Å².